The number of para-hydroxylation sites is 1. The number of nitrogens with one attached hydrogen (secondary N) is 2. The molecular weight excluding hydrogens is 326 g/mol. The van der Waals surface area contributed by atoms with Crippen LogP contribution in [0.5, 0.6) is 5.75 Å². The summed E-state index contributed by atoms with van der Waals surface area (Å²) >= 11 is 0. The molecule has 0 radical (unpaired) electrons. The third-order valence-electron chi connectivity index (χ3n) is 5.13. The van der Waals surface area contributed by atoms with Gasteiger partial charge in [-0.25, -0.2) is 0 Å². The molecule has 5 nitrogen and oxygen atoms in total. The van der Waals surface area contributed by atoms with Crippen molar-refractivity contribution >= 4 is 5.96 Å². The lowest BCUT2D eigenvalue weighted by atomic mass is 9.83. The van der Waals surface area contributed by atoms with Crippen molar-refractivity contribution in [3.63, 3.8) is 0 Å². The number of hydrogen-bond acceptors (Lipinski definition) is 3. The molecule has 0 spiro atoms. The molecule has 2 N–H and O–H groups in total. The zero-order chi connectivity index (χ0) is 18.7. The van der Waals surface area contributed by atoms with Gasteiger partial charge in [-0.05, 0) is 30.7 Å². The fourth-order valence-electron chi connectivity index (χ4n) is 3.57. The number of rotatable bonds is 10. The number of nitrogens with zero attached hydrogens (tertiary/aromatic N) is 1. The predicted molar refractivity (Wildman–Crippen MR) is 108 cm³/mol. The lowest BCUT2D eigenvalue weighted by Crippen LogP contribution is -2.43. The molecule has 1 aliphatic rings. The van der Waals surface area contributed by atoms with Crippen molar-refractivity contribution in [2.75, 3.05) is 33.9 Å². The van der Waals surface area contributed by atoms with E-state index in [1.807, 2.05) is 25.2 Å². The van der Waals surface area contributed by atoms with E-state index in [4.69, 9.17) is 9.47 Å². The van der Waals surface area contributed by atoms with E-state index >= 15 is 0 Å². The van der Waals surface area contributed by atoms with Crippen LogP contribution in [-0.4, -0.2) is 39.9 Å². The van der Waals surface area contributed by atoms with Crippen LogP contribution in [0.2, 0.25) is 0 Å². The number of guanidine groups is 1. The van der Waals surface area contributed by atoms with E-state index < -0.39 is 0 Å². The van der Waals surface area contributed by atoms with Gasteiger partial charge in [-0.1, -0.05) is 43.7 Å². The molecule has 26 heavy (non-hydrogen) atoms. The Balaban J connectivity index is 1.89. The van der Waals surface area contributed by atoms with Crippen LogP contribution >= 0.6 is 0 Å². The van der Waals surface area contributed by atoms with E-state index in [1.54, 1.807) is 13.2 Å². The zero-order valence-corrected chi connectivity index (χ0v) is 16.2. The molecule has 0 amide bonds. The average Bonchev–Trinajstić information content (AvgIpc) is 3.14. The maximum atomic E-state index is 5.72. The molecule has 0 saturated heterocycles. The van der Waals surface area contributed by atoms with Crippen molar-refractivity contribution in [1.82, 2.24) is 10.6 Å². The number of benzene rings is 1. The highest BCUT2D eigenvalue weighted by atomic mass is 16.5. The first-order valence-electron chi connectivity index (χ1n) is 9.48. The second-order valence-corrected chi connectivity index (χ2v) is 6.94. The lowest BCUT2D eigenvalue weighted by Gasteiger charge is -2.30. The van der Waals surface area contributed by atoms with Gasteiger partial charge in [0.05, 0.1) is 0 Å². The Bertz CT molecular complexity index is 580. The van der Waals surface area contributed by atoms with Crippen LogP contribution in [0.4, 0.5) is 0 Å². The second-order valence-electron chi connectivity index (χ2n) is 6.94. The molecule has 5 heteroatoms. The van der Waals surface area contributed by atoms with Crippen LogP contribution in [-0.2, 0) is 11.3 Å². The summed E-state index contributed by atoms with van der Waals surface area (Å²) in [4.78, 5) is 4.37. The number of ether oxygens (including phenoxy) is 2. The summed E-state index contributed by atoms with van der Waals surface area (Å²) in [6, 6.07) is 8.05. The molecule has 2 rings (SSSR count). The topological polar surface area (TPSA) is 54.9 Å². The van der Waals surface area contributed by atoms with E-state index in [1.165, 1.54) is 25.7 Å². The van der Waals surface area contributed by atoms with Gasteiger partial charge in [-0.2, -0.15) is 0 Å². The molecule has 1 fully saturated rings. The maximum absolute atomic E-state index is 5.72. The molecule has 144 valence electrons. The Morgan fingerprint density at radius 3 is 2.73 bits per heavy atom. The Morgan fingerprint density at radius 1 is 1.27 bits per heavy atom. The molecule has 0 unspecified atom stereocenters. The summed E-state index contributed by atoms with van der Waals surface area (Å²) < 4.78 is 11.0. The molecule has 1 aromatic carbocycles. The predicted octanol–water partition coefficient (Wildman–Crippen LogP) is 3.51. The van der Waals surface area contributed by atoms with Gasteiger partial charge in [0, 0.05) is 39.4 Å². The largest absolute Gasteiger partial charge is 0.489 e. The summed E-state index contributed by atoms with van der Waals surface area (Å²) in [5.74, 6) is 1.70. The maximum Gasteiger partial charge on any atom is 0.191 e. The highest BCUT2D eigenvalue weighted by molar-refractivity contribution is 5.79. The van der Waals surface area contributed by atoms with Crippen LogP contribution in [0, 0.1) is 5.41 Å². The SMILES string of the molecule is C=CCOc1ccccc1CNC(=NC)NCC1(CCOC)CCCC1. The summed E-state index contributed by atoms with van der Waals surface area (Å²) in [5, 5.41) is 6.92. The van der Waals surface area contributed by atoms with Crippen molar-refractivity contribution < 1.29 is 9.47 Å². The monoisotopic (exact) mass is 359 g/mol. The molecule has 0 aromatic heterocycles. The summed E-state index contributed by atoms with van der Waals surface area (Å²) in [5.41, 5.74) is 1.44. The van der Waals surface area contributed by atoms with Crippen molar-refractivity contribution in [2.45, 2.75) is 38.6 Å². The highest BCUT2D eigenvalue weighted by Gasteiger charge is 2.33. The van der Waals surface area contributed by atoms with E-state index in [0.29, 0.717) is 18.6 Å². The Kier molecular flexibility index (Phi) is 8.48. The van der Waals surface area contributed by atoms with Crippen molar-refractivity contribution in [2.24, 2.45) is 10.4 Å². The molecule has 0 aliphatic heterocycles. The smallest absolute Gasteiger partial charge is 0.191 e. The molecule has 0 heterocycles. The van der Waals surface area contributed by atoms with E-state index in [2.05, 4.69) is 28.3 Å². The van der Waals surface area contributed by atoms with Gasteiger partial charge < -0.3 is 20.1 Å². The van der Waals surface area contributed by atoms with Gasteiger partial charge in [0.15, 0.2) is 5.96 Å². The van der Waals surface area contributed by atoms with E-state index in [-0.39, 0.29) is 0 Å². The Morgan fingerprint density at radius 2 is 2.04 bits per heavy atom. The lowest BCUT2D eigenvalue weighted by molar-refractivity contribution is 0.138. The van der Waals surface area contributed by atoms with Crippen LogP contribution < -0.4 is 15.4 Å². The zero-order valence-electron chi connectivity index (χ0n) is 16.2. The molecule has 1 aromatic rings. The number of methoxy groups -OCH3 is 1. The number of aliphatic imine (C=N–C) groups is 1. The van der Waals surface area contributed by atoms with Gasteiger partial charge >= 0.3 is 0 Å². The van der Waals surface area contributed by atoms with Gasteiger partial charge in [0.2, 0.25) is 0 Å². The van der Waals surface area contributed by atoms with Gasteiger partial charge in [0.25, 0.3) is 0 Å². The summed E-state index contributed by atoms with van der Waals surface area (Å²) in [7, 11) is 3.59. The average molecular weight is 360 g/mol. The van der Waals surface area contributed by atoms with Crippen LogP contribution in [0.3, 0.4) is 0 Å². The van der Waals surface area contributed by atoms with Crippen molar-refractivity contribution in [3.05, 3.63) is 42.5 Å². The number of hydrogen-bond donors (Lipinski definition) is 2. The quantitative estimate of drug-likeness (QED) is 0.381. The fraction of sp³-hybridized carbons (Fsp3) is 0.571. The van der Waals surface area contributed by atoms with Crippen LogP contribution in [0.15, 0.2) is 41.9 Å². The highest BCUT2D eigenvalue weighted by Crippen LogP contribution is 2.40. The van der Waals surface area contributed by atoms with E-state index in [9.17, 15) is 0 Å². The van der Waals surface area contributed by atoms with Gasteiger partial charge in [-0.15, -0.1) is 0 Å². The van der Waals surface area contributed by atoms with Crippen molar-refractivity contribution in [3.8, 4) is 5.75 Å². The molecular formula is C21H33N3O2. The Labute approximate surface area is 157 Å². The standard InChI is InChI=1S/C21H33N3O2/c1-4-14-26-19-10-6-5-9-18(19)16-23-20(22-2)24-17-21(13-15-25-3)11-7-8-12-21/h4-6,9-10H,1,7-8,11-17H2,2-3H3,(H2,22,23,24). The minimum absolute atomic E-state index is 0.332. The molecule has 1 aliphatic carbocycles. The first-order valence-corrected chi connectivity index (χ1v) is 9.48. The summed E-state index contributed by atoms with van der Waals surface area (Å²) in [6.07, 6.45) is 8.01. The summed E-state index contributed by atoms with van der Waals surface area (Å²) in [6.45, 7) is 6.63. The van der Waals surface area contributed by atoms with Crippen LogP contribution in [0.1, 0.15) is 37.7 Å². The Hall–Kier alpha value is -2.01. The minimum atomic E-state index is 0.332. The van der Waals surface area contributed by atoms with Crippen LogP contribution in [0.25, 0.3) is 0 Å². The molecule has 0 bridgehead atoms. The molecule has 0 atom stereocenters. The first kappa shape index (κ1) is 20.3. The van der Waals surface area contributed by atoms with Crippen molar-refractivity contribution in [1.29, 1.82) is 0 Å². The molecule has 1 saturated carbocycles. The van der Waals surface area contributed by atoms with E-state index in [0.717, 1.165) is 36.8 Å². The minimum Gasteiger partial charge on any atom is -0.489 e. The van der Waals surface area contributed by atoms with Gasteiger partial charge in [-0.3, -0.25) is 4.99 Å². The first-order chi connectivity index (χ1) is 12.7. The second kappa shape index (κ2) is 10.9. The third-order valence-corrected chi connectivity index (χ3v) is 5.13. The fourth-order valence-corrected chi connectivity index (χ4v) is 3.57. The van der Waals surface area contributed by atoms with Gasteiger partial charge in [0.1, 0.15) is 12.4 Å². The normalized spacial score (nSPS) is 16.3. The third kappa shape index (κ3) is 6.06.